The molecule has 0 N–H and O–H groups in total. The molecule has 4 heteroatoms. The zero-order valence-corrected chi connectivity index (χ0v) is 26.7. The van der Waals surface area contributed by atoms with Crippen LogP contribution in [0.25, 0.3) is 66.8 Å². The minimum Gasteiger partial charge on any atom is -0.259 e. The molecule has 0 aliphatic heterocycles. The van der Waals surface area contributed by atoms with Crippen molar-refractivity contribution >= 4 is 21.5 Å². The van der Waals surface area contributed by atoms with E-state index in [1.165, 1.54) is 65.3 Å². The Bertz CT molecular complexity index is 2310. The highest BCUT2D eigenvalue weighted by atomic mass is 15.0. The first-order valence-corrected chi connectivity index (χ1v) is 17.6. The Balaban J connectivity index is 1.14. The fraction of sp³-hybridized carbons (Fsp3) is 0.227. The number of nitrogens with zero attached hydrogens (tertiary/aromatic N) is 4. The molecule has 4 fully saturated rings. The van der Waals surface area contributed by atoms with Crippen LogP contribution in [-0.2, 0) is 5.41 Å². The number of fused-ring (bicyclic) bond motifs is 5. The highest BCUT2D eigenvalue weighted by Gasteiger charge is 2.62. The van der Waals surface area contributed by atoms with E-state index < -0.39 is 0 Å². The van der Waals surface area contributed by atoms with Gasteiger partial charge in [-0.1, -0.05) is 109 Å². The molecule has 2 aromatic heterocycles. The van der Waals surface area contributed by atoms with E-state index >= 15 is 0 Å². The van der Waals surface area contributed by atoms with Crippen molar-refractivity contribution in [2.24, 2.45) is 23.7 Å². The predicted molar refractivity (Wildman–Crippen MR) is 192 cm³/mol. The Hall–Kier alpha value is -5.22. The van der Waals surface area contributed by atoms with Crippen LogP contribution in [0.4, 0.5) is 0 Å². The van der Waals surface area contributed by atoms with Crippen LogP contribution < -0.4 is 0 Å². The van der Waals surface area contributed by atoms with E-state index in [-0.39, 0.29) is 5.41 Å². The van der Waals surface area contributed by atoms with Crippen LogP contribution in [-0.4, -0.2) is 19.9 Å². The highest BCUT2D eigenvalue weighted by Crippen LogP contribution is 2.69. The first-order valence-electron chi connectivity index (χ1n) is 17.6. The van der Waals surface area contributed by atoms with Crippen molar-refractivity contribution in [3.05, 3.63) is 133 Å². The zero-order chi connectivity index (χ0) is 31.4. The van der Waals surface area contributed by atoms with E-state index in [1.54, 1.807) is 0 Å². The third kappa shape index (κ3) is 3.66. The molecule has 7 aromatic rings. The maximum atomic E-state index is 5.45. The van der Waals surface area contributed by atoms with Gasteiger partial charge < -0.3 is 0 Å². The maximum absolute atomic E-state index is 5.45. The van der Waals surface area contributed by atoms with Gasteiger partial charge in [-0.05, 0) is 94.5 Å². The summed E-state index contributed by atoms with van der Waals surface area (Å²) in [6, 6.07) is 41.2. The van der Waals surface area contributed by atoms with Crippen molar-refractivity contribution in [3.8, 4) is 45.3 Å². The van der Waals surface area contributed by atoms with Gasteiger partial charge in [0.1, 0.15) is 0 Å². The normalized spacial score (nSPS) is 24.8. The summed E-state index contributed by atoms with van der Waals surface area (Å²) in [4.78, 5) is 21.1. The molecule has 0 unspecified atom stereocenters. The largest absolute Gasteiger partial charge is 0.259 e. The summed E-state index contributed by atoms with van der Waals surface area (Å²) in [5.41, 5.74) is 8.44. The second-order valence-corrected chi connectivity index (χ2v) is 14.7. The maximum Gasteiger partial charge on any atom is 0.165 e. The molecule has 230 valence electrons. The summed E-state index contributed by atoms with van der Waals surface area (Å²) < 4.78 is 0. The summed E-state index contributed by atoms with van der Waals surface area (Å²) in [7, 11) is 0. The summed E-state index contributed by atoms with van der Waals surface area (Å²) in [5.74, 6) is 5.19. The Labute approximate surface area is 280 Å². The monoisotopic (exact) mass is 618 g/mol. The van der Waals surface area contributed by atoms with Crippen LogP contribution in [0.2, 0.25) is 0 Å². The molecule has 2 heterocycles. The third-order valence-corrected chi connectivity index (χ3v) is 12.3. The van der Waals surface area contributed by atoms with Crippen LogP contribution >= 0.6 is 0 Å². The molecule has 0 amide bonds. The molecular weight excluding hydrogens is 585 g/mol. The van der Waals surface area contributed by atoms with Gasteiger partial charge in [-0.25, -0.2) is 15.0 Å². The first kappa shape index (κ1) is 26.8. The quantitative estimate of drug-likeness (QED) is 0.198. The zero-order valence-electron chi connectivity index (χ0n) is 26.7. The molecular formula is C44H34N4. The SMILES string of the molecule is c1ccc2c(c1)-c1cc(-c3nc(-c4cccc5ccccc45)nc(-c4cccc5ccccc45)n3)cnc1C21C2CC3CC(C2)CC1C3. The molecule has 1 spiro atoms. The van der Waals surface area contributed by atoms with Gasteiger partial charge in [0.25, 0.3) is 0 Å². The molecule has 4 saturated carbocycles. The minimum absolute atomic E-state index is 0.0409. The average Bonchev–Trinajstić information content (AvgIpc) is 3.43. The van der Waals surface area contributed by atoms with Gasteiger partial charge in [0.2, 0.25) is 0 Å². The fourth-order valence-electron chi connectivity index (χ4n) is 10.7. The van der Waals surface area contributed by atoms with Gasteiger partial charge >= 0.3 is 0 Å². The van der Waals surface area contributed by atoms with Crippen LogP contribution in [0.15, 0.2) is 121 Å². The standard InChI is InChI=1S/C44H34N4/c1-3-13-33-28(9-1)11-7-16-36(33)42-46-41(47-43(48-42)37-17-8-12-29-10-2-4-14-34(29)37)30-24-38-35-15-5-6-18-39(35)44(40(38)45-25-30)31-20-26-19-27(22-31)23-32(44)21-26/h1-18,24-27,31-32H,19-23H2. The molecule has 5 aliphatic carbocycles. The summed E-state index contributed by atoms with van der Waals surface area (Å²) in [5, 5.41) is 4.59. The lowest BCUT2D eigenvalue weighted by atomic mass is 9.43. The van der Waals surface area contributed by atoms with E-state index in [0.29, 0.717) is 29.3 Å². The average molecular weight is 619 g/mol. The fourth-order valence-corrected chi connectivity index (χ4v) is 10.7. The lowest BCUT2D eigenvalue weighted by Crippen LogP contribution is -2.55. The lowest BCUT2D eigenvalue weighted by molar-refractivity contribution is -0.0415. The van der Waals surface area contributed by atoms with Crippen molar-refractivity contribution in [2.75, 3.05) is 0 Å². The van der Waals surface area contributed by atoms with Gasteiger partial charge in [-0.2, -0.15) is 0 Å². The third-order valence-electron chi connectivity index (χ3n) is 12.3. The molecule has 5 aromatic carbocycles. The lowest BCUT2D eigenvalue weighted by Gasteiger charge is -2.60. The van der Waals surface area contributed by atoms with Crippen molar-refractivity contribution in [1.29, 1.82) is 0 Å². The molecule has 5 aliphatic rings. The van der Waals surface area contributed by atoms with Crippen LogP contribution in [0.5, 0.6) is 0 Å². The van der Waals surface area contributed by atoms with E-state index in [0.717, 1.165) is 39.3 Å². The molecule has 48 heavy (non-hydrogen) atoms. The number of hydrogen-bond donors (Lipinski definition) is 0. The van der Waals surface area contributed by atoms with E-state index in [9.17, 15) is 0 Å². The smallest absolute Gasteiger partial charge is 0.165 e. The van der Waals surface area contributed by atoms with Gasteiger partial charge in [0.15, 0.2) is 17.5 Å². The second kappa shape index (κ2) is 9.90. The molecule has 4 bridgehead atoms. The topological polar surface area (TPSA) is 51.6 Å². The van der Waals surface area contributed by atoms with E-state index in [4.69, 9.17) is 19.9 Å². The van der Waals surface area contributed by atoms with Crippen molar-refractivity contribution < 1.29 is 0 Å². The van der Waals surface area contributed by atoms with E-state index in [1.807, 2.05) is 0 Å². The molecule has 0 radical (unpaired) electrons. The molecule has 12 rings (SSSR count). The first-order chi connectivity index (χ1) is 23.7. The van der Waals surface area contributed by atoms with E-state index in [2.05, 4.69) is 121 Å². The summed E-state index contributed by atoms with van der Waals surface area (Å²) >= 11 is 0. The van der Waals surface area contributed by atoms with Gasteiger partial charge in [-0.3, -0.25) is 4.98 Å². The minimum atomic E-state index is 0.0409. The van der Waals surface area contributed by atoms with Crippen LogP contribution in [0.3, 0.4) is 0 Å². The van der Waals surface area contributed by atoms with Gasteiger partial charge in [0.05, 0.1) is 5.69 Å². The summed E-state index contributed by atoms with van der Waals surface area (Å²) in [6.07, 6.45) is 8.90. The van der Waals surface area contributed by atoms with Gasteiger partial charge in [-0.15, -0.1) is 0 Å². The Morgan fingerprint density at radius 2 is 1.00 bits per heavy atom. The number of pyridine rings is 1. The Morgan fingerprint density at radius 3 is 1.65 bits per heavy atom. The number of rotatable bonds is 3. The molecule has 4 nitrogen and oxygen atoms in total. The predicted octanol–water partition coefficient (Wildman–Crippen LogP) is 10.3. The van der Waals surface area contributed by atoms with Crippen molar-refractivity contribution in [1.82, 2.24) is 19.9 Å². The van der Waals surface area contributed by atoms with Crippen molar-refractivity contribution in [3.63, 3.8) is 0 Å². The molecule has 0 atom stereocenters. The highest BCUT2D eigenvalue weighted by molar-refractivity contribution is 5.97. The number of benzene rings is 5. The second-order valence-electron chi connectivity index (χ2n) is 14.7. The summed E-state index contributed by atoms with van der Waals surface area (Å²) in [6.45, 7) is 0. The Kier molecular flexibility index (Phi) is 5.53. The number of aromatic nitrogens is 4. The van der Waals surface area contributed by atoms with Crippen LogP contribution in [0, 0.1) is 23.7 Å². The Morgan fingerprint density at radius 1 is 0.479 bits per heavy atom. The van der Waals surface area contributed by atoms with Gasteiger partial charge in [0, 0.05) is 33.9 Å². The van der Waals surface area contributed by atoms with Crippen molar-refractivity contribution in [2.45, 2.75) is 37.5 Å². The molecule has 0 saturated heterocycles. The number of hydrogen-bond acceptors (Lipinski definition) is 4. The van der Waals surface area contributed by atoms with Crippen LogP contribution in [0.1, 0.15) is 43.4 Å².